The van der Waals surface area contributed by atoms with E-state index in [0.717, 1.165) is 5.56 Å². The zero-order chi connectivity index (χ0) is 13.2. The Morgan fingerprint density at radius 3 is 2.44 bits per heavy atom. The van der Waals surface area contributed by atoms with Crippen LogP contribution in [-0.4, -0.2) is 18.8 Å². The predicted molar refractivity (Wildman–Crippen MR) is 70.1 cm³/mol. The molecular formula is C12H19N2O3P. The van der Waals surface area contributed by atoms with E-state index in [9.17, 15) is 4.57 Å². The molecule has 1 atom stereocenters. The van der Waals surface area contributed by atoms with E-state index in [2.05, 4.69) is 5.09 Å². The third kappa shape index (κ3) is 3.40. The van der Waals surface area contributed by atoms with Gasteiger partial charge in [0.1, 0.15) is 0 Å². The van der Waals surface area contributed by atoms with Crippen LogP contribution in [0.2, 0.25) is 0 Å². The highest BCUT2D eigenvalue weighted by Crippen LogP contribution is 2.49. The maximum Gasteiger partial charge on any atom is 0.406 e. The van der Waals surface area contributed by atoms with Gasteiger partial charge in [-0.2, -0.15) is 0 Å². The first-order chi connectivity index (χ1) is 8.40. The van der Waals surface area contributed by atoms with Gasteiger partial charge in [-0.05, 0) is 19.4 Å². The lowest BCUT2D eigenvalue weighted by atomic mass is 10.1. The highest BCUT2D eigenvalue weighted by molar-refractivity contribution is 7.51. The van der Waals surface area contributed by atoms with Gasteiger partial charge >= 0.3 is 7.75 Å². The van der Waals surface area contributed by atoms with Crippen molar-refractivity contribution < 1.29 is 13.6 Å². The Hall–Kier alpha value is -0.710. The van der Waals surface area contributed by atoms with Crippen molar-refractivity contribution in [1.82, 2.24) is 5.09 Å². The zero-order valence-electron chi connectivity index (χ0n) is 10.6. The second-order valence-electron chi connectivity index (χ2n) is 4.96. The summed E-state index contributed by atoms with van der Waals surface area (Å²) < 4.78 is 22.8. The molecule has 0 radical (unpaired) electrons. The Balaban J connectivity index is 2.00. The topological polar surface area (TPSA) is 73.6 Å². The number of nitrogens with two attached hydrogens (primary N) is 1. The molecule has 1 aliphatic rings. The minimum absolute atomic E-state index is 0.112. The van der Waals surface area contributed by atoms with Gasteiger partial charge in [0, 0.05) is 6.04 Å². The monoisotopic (exact) mass is 270 g/mol. The molecule has 0 unspecified atom stereocenters. The SMILES string of the molecule is C[C@H](NP1(=O)OCC(C)(N)CO1)c1ccccc1. The predicted octanol–water partition coefficient (Wildman–Crippen LogP) is 2.21. The fraction of sp³-hybridized carbons (Fsp3) is 0.500. The van der Waals surface area contributed by atoms with Crippen LogP contribution in [0.5, 0.6) is 0 Å². The summed E-state index contributed by atoms with van der Waals surface area (Å²) in [5, 5.41) is 2.90. The number of hydrogen-bond donors (Lipinski definition) is 2. The standard InChI is InChI=1S/C12H19N2O3P/c1-10(11-6-4-3-5-7-11)14-18(15)16-8-12(2,13)9-17-18/h3-7,10H,8-9,13H2,1-2H3,(H,14,15)/t10-,12?,18?/m0/s1. The fourth-order valence-corrected chi connectivity index (χ4v) is 3.45. The lowest BCUT2D eigenvalue weighted by Gasteiger charge is -2.34. The molecule has 0 amide bonds. The fourth-order valence-electron chi connectivity index (χ4n) is 1.67. The summed E-state index contributed by atoms with van der Waals surface area (Å²) in [6.07, 6.45) is 0. The third-order valence-electron chi connectivity index (χ3n) is 2.78. The van der Waals surface area contributed by atoms with E-state index in [-0.39, 0.29) is 19.3 Å². The summed E-state index contributed by atoms with van der Waals surface area (Å²) in [6.45, 7) is 4.16. The third-order valence-corrected chi connectivity index (χ3v) is 4.42. The zero-order valence-corrected chi connectivity index (χ0v) is 11.5. The maximum absolute atomic E-state index is 12.3. The van der Waals surface area contributed by atoms with Crippen LogP contribution >= 0.6 is 7.75 Å². The van der Waals surface area contributed by atoms with Gasteiger partial charge in [-0.15, -0.1) is 0 Å². The van der Waals surface area contributed by atoms with Gasteiger partial charge in [0.15, 0.2) is 0 Å². The summed E-state index contributed by atoms with van der Waals surface area (Å²) in [5.74, 6) is 0. The van der Waals surface area contributed by atoms with E-state index in [0.29, 0.717) is 0 Å². The van der Waals surface area contributed by atoms with Gasteiger partial charge < -0.3 is 5.73 Å². The molecule has 6 heteroatoms. The molecule has 0 spiro atoms. The molecule has 1 aromatic rings. The van der Waals surface area contributed by atoms with Gasteiger partial charge in [-0.3, -0.25) is 9.05 Å². The Kier molecular flexibility index (Phi) is 3.90. The van der Waals surface area contributed by atoms with E-state index < -0.39 is 13.3 Å². The van der Waals surface area contributed by atoms with Gasteiger partial charge in [0.25, 0.3) is 0 Å². The number of nitrogens with one attached hydrogen (secondary N) is 1. The maximum atomic E-state index is 12.3. The van der Waals surface area contributed by atoms with Crippen LogP contribution in [0.1, 0.15) is 25.5 Å². The molecule has 3 N–H and O–H groups in total. The number of benzene rings is 1. The van der Waals surface area contributed by atoms with Crippen LogP contribution in [0.15, 0.2) is 30.3 Å². The van der Waals surface area contributed by atoms with Gasteiger partial charge in [-0.25, -0.2) is 9.65 Å². The molecule has 1 heterocycles. The van der Waals surface area contributed by atoms with Crippen molar-refractivity contribution in [2.45, 2.75) is 25.4 Å². The first kappa shape index (κ1) is 13.7. The average Bonchev–Trinajstić information content (AvgIpc) is 2.35. The highest BCUT2D eigenvalue weighted by Gasteiger charge is 2.38. The Bertz CT molecular complexity index is 436. The average molecular weight is 270 g/mol. The van der Waals surface area contributed by atoms with Crippen molar-refractivity contribution in [3.05, 3.63) is 35.9 Å². The molecule has 0 aliphatic carbocycles. The number of hydrogen-bond acceptors (Lipinski definition) is 4. The van der Waals surface area contributed by atoms with Gasteiger partial charge in [0.2, 0.25) is 0 Å². The van der Waals surface area contributed by atoms with Crippen molar-refractivity contribution >= 4 is 7.75 Å². The molecule has 0 bridgehead atoms. The van der Waals surface area contributed by atoms with Crippen LogP contribution in [0.4, 0.5) is 0 Å². The quantitative estimate of drug-likeness (QED) is 0.824. The van der Waals surface area contributed by atoms with Crippen LogP contribution in [0, 0.1) is 0 Å². The van der Waals surface area contributed by atoms with Crippen LogP contribution in [0.25, 0.3) is 0 Å². The molecule has 1 saturated heterocycles. The second-order valence-corrected chi connectivity index (χ2v) is 6.73. The molecule has 1 aromatic carbocycles. The molecule has 1 fully saturated rings. The molecule has 100 valence electrons. The molecule has 2 rings (SSSR count). The van der Waals surface area contributed by atoms with Crippen molar-refractivity contribution in [2.24, 2.45) is 5.73 Å². The summed E-state index contributed by atoms with van der Waals surface area (Å²) >= 11 is 0. The Morgan fingerprint density at radius 1 is 1.33 bits per heavy atom. The Labute approximate surface area is 107 Å². The largest absolute Gasteiger partial charge is 0.406 e. The molecule has 5 nitrogen and oxygen atoms in total. The summed E-state index contributed by atoms with van der Waals surface area (Å²) in [5.41, 5.74) is 6.29. The molecule has 1 aliphatic heterocycles. The smallest absolute Gasteiger partial charge is 0.321 e. The Morgan fingerprint density at radius 2 is 1.89 bits per heavy atom. The summed E-state index contributed by atoms with van der Waals surface area (Å²) in [6, 6.07) is 9.61. The van der Waals surface area contributed by atoms with E-state index in [1.807, 2.05) is 37.3 Å². The van der Waals surface area contributed by atoms with E-state index in [4.69, 9.17) is 14.8 Å². The van der Waals surface area contributed by atoms with Crippen molar-refractivity contribution in [3.63, 3.8) is 0 Å². The molecule has 0 aromatic heterocycles. The van der Waals surface area contributed by atoms with E-state index in [1.165, 1.54) is 0 Å². The van der Waals surface area contributed by atoms with Gasteiger partial charge in [0.05, 0.1) is 18.8 Å². The normalized spacial score (nSPS) is 34.2. The molecule has 0 saturated carbocycles. The van der Waals surface area contributed by atoms with Crippen molar-refractivity contribution in [2.75, 3.05) is 13.2 Å². The van der Waals surface area contributed by atoms with Crippen molar-refractivity contribution in [1.29, 1.82) is 0 Å². The van der Waals surface area contributed by atoms with Crippen molar-refractivity contribution in [3.8, 4) is 0 Å². The van der Waals surface area contributed by atoms with E-state index >= 15 is 0 Å². The number of rotatable bonds is 3. The molecule has 18 heavy (non-hydrogen) atoms. The first-order valence-corrected chi connectivity index (χ1v) is 7.45. The minimum Gasteiger partial charge on any atom is -0.321 e. The molecular weight excluding hydrogens is 251 g/mol. The second kappa shape index (κ2) is 5.11. The highest BCUT2D eigenvalue weighted by atomic mass is 31.2. The summed E-state index contributed by atoms with van der Waals surface area (Å²) in [4.78, 5) is 0. The summed E-state index contributed by atoms with van der Waals surface area (Å²) in [7, 11) is -3.24. The lowest BCUT2D eigenvalue weighted by Crippen LogP contribution is -2.49. The van der Waals surface area contributed by atoms with E-state index in [1.54, 1.807) is 6.92 Å². The van der Waals surface area contributed by atoms with Crippen LogP contribution < -0.4 is 10.8 Å². The van der Waals surface area contributed by atoms with Crippen LogP contribution in [0.3, 0.4) is 0 Å². The lowest BCUT2D eigenvalue weighted by molar-refractivity contribution is 0.0743. The van der Waals surface area contributed by atoms with Crippen LogP contribution in [-0.2, 0) is 13.6 Å². The minimum atomic E-state index is -3.24. The van der Waals surface area contributed by atoms with Gasteiger partial charge in [-0.1, -0.05) is 30.3 Å². The first-order valence-electron chi connectivity index (χ1n) is 5.91.